The van der Waals surface area contributed by atoms with Gasteiger partial charge in [0.2, 0.25) is 0 Å². The van der Waals surface area contributed by atoms with Crippen molar-refractivity contribution in [1.82, 2.24) is 0 Å². The van der Waals surface area contributed by atoms with Gasteiger partial charge < -0.3 is 13.9 Å². The van der Waals surface area contributed by atoms with Crippen molar-refractivity contribution in [2.24, 2.45) is 17.8 Å². The molecule has 0 spiro atoms. The molecule has 2 aromatic carbocycles. The molecule has 0 saturated heterocycles. The summed E-state index contributed by atoms with van der Waals surface area (Å²) >= 11 is 0. The Morgan fingerprint density at radius 1 is 0.912 bits per heavy atom. The molecule has 0 bridgehead atoms. The molecular formula is C30H40O3Si. The van der Waals surface area contributed by atoms with E-state index in [1.165, 1.54) is 15.9 Å². The Hall–Kier alpha value is -1.98. The van der Waals surface area contributed by atoms with Crippen LogP contribution in [-0.4, -0.2) is 34.9 Å². The highest BCUT2D eigenvalue weighted by atomic mass is 28.4. The summed E-state index contributed by atoms with van der Waals surface area (Å²) in [4.78, 5) is 0. The lowest BCUT2D eigenvalue weighted by molar-refractivity contribution is -0.100. The molecule has 0 N–H and O–H groups in total. The van der Waals surface area contributed by atoms with Crippen LogP contribution >= 0.6 is 0 Å². The molecule has 0 radical (unpaired) electrons. The summed E-state index contributed by atoms with van der Waals surface area (Å²) in [6.45, 7) is 10.5. The summed E-state index contributed by atoms with van der Waals surface area (Å²) in [6.07, 6.45) is 9.10. The van der Waals surface area contributed by atoms with Crippen LogP contribution in [0.25, 0.3) is 0 Å². The first kappa shape index (κ1) is 25.1. The lowest BCUT2D eigenvalue weighted by atomic mass is 9.68. The van der Waals surface area contributed by atoms with E-state index in [-0.39, 0.29) is 11.1 Å². The Morgan fingerprint density at radius 2 is 1.53 bits per heavy atom. The van der Waals surface area contributed by atoms with Crippen LogP contribution in [0.15, 0.2) is 84.5 Å². The van der Waals surface area contributed by atoms with Gasteiger partial charge in [0.25, 0.3) is 8.32 Å². The van der Waals surface area contributed by atoms with Crippen molar-refractivity contribution in [2.45, 2.75) is 51.7 Å². The van der Waals surface area contributed by atoms with Crippen LogP contribution in [0, 0.1) is 17.8 Å². The number of fused-ring (bicyclic) bond motifs is 1. The summed E-state index contributed by atoms with van der Waals surface area (Å²) in [6, 6.07) is 21.9. The third kappa shape index (κ3) is 4.87. The second-order valence-electron chi connectivity index (χ2n) is 10.8. The number of hydrogen-bond donors (Lipinski definition) is 0. The van der Waals surface area contributed by atoms with Crippen molar-refractivity contribution in [3.8, 4) is 0 Å². The van der Waals surface area contributed by atoms with Crippen LogP contribution in [0.4, 0.5) is 0 Å². The predicted molar refractivity (Wildman–Crippen MR) is 143 cm³/mol. The normalized spacial score (nSPS) is 25.0. The van der Waals surface area contributed by atoms with Gasteiger partial charge in [-0.05, 0) is 45.7 Å². The maximum atomic E-state index is 7.38. The maximum absolute atomic E-state index is 7.38. The van der Waals surface area contributed by atoms with E-state index >= 15 is 0 Å². The van der Waals surface area contributed by atoms with Gasteiger partial charge in [-0.3, -0.25) is 0 Å². The topological polar surface area (TPSA) is 27.7 Å². The highest BCUT2D eigenvalue weighted by molar-refractivity contribution is 6.99. The molecule has 182 valence electrons. The Kier molecular flexibility index (Phi) is 7.93. The molecule has 4 rings (SSSR count). The molecule has 3 nitrogen and oxygen atoms in total. The largest absolute Gasteiger partial charge is 0.407 e. The smallest absolute Gasteiger partial charge is 0.261 e. The van der Waals surface area contributed by atoms with E-state index in [0.29, 0.717) is 24.5 Å². The fourth-order valence-corrected chi connectivity index (χ4v) is 10.6. The molecule has 4 heteroatoms. The summed E-state index contributed by atoms with van der Waals surface area (Å²) in [5.74, 6) is 1.27. The lowest BCUT2D eigenvalue weighted by Gasteiger charge is -2.47. The van der Waals surface area contributed by atoms with Crippen molar-refractivity contribution in [3.05, 3.63) is 84.5 Å². The van der Waals surface area contributed by atoms with Gasteiger partial charge in [-0.25, -0.2) is 0 Å². The molecule has 4 atom stereocenters. The zero-order chi connectivity index (χ0) is 24.2. The average Bonchev–Trinajstić information content (AvgIpc) is 2.84. The monoisotopic (exact) mass is 476 g/mol. The van der Waals surface area contributed by atoms with Crippen LogP contribution in [0.2, 0.25) is 5.04 Å². The van der Waals surface area contributed by atoms with Crippen LogP contribution in [0.1, 0.15) is 40.5 Å². The third-order valence-corrected chi connectivity index (χ3v) is 12.7. The SMILES string of the molecule is COCO[C@H]1CC=CC2=CC[C@H](C)[C@H](CO[Si](c3ccccc3)(c3ccccc3)C(C)(C)C)[C@H]21. The Labute approximate surface area is 207 Å². The number of benzene rings is 2. The van der Waals surface area contributed by atoms with Crippen LogP contribution in [0.5, 0.6) is 0 Å². The second-order valence-corrected chi connectivity index (χ2v) is 15.1. The number of hydrogen-bond acceptors (Lipinski definition) is 3. The van der Waals surface area contributed by atoms with Gasteiger partial charge in [0.15, 0.2) is 0 Å². The van der Waals surface area contributed by atoms with Crippen LogP contribution in [-0.2, 0) is 13.9 Å². The molecule has 0 fully saturated rings. The first-order valence-electron chi connectivity index (χ1n) is 12.6. The molecule has 34 heavy (non-hydrogen) atoms. The van der Waals surface area contributed by atoms with E-state index in [1.54, 1.807) is 7.11 Å². The molecule has 2 aliphatic carbocycles. The number of ether oxygens (including phenoxy) is 2. The van der Waals surface area contributed by atoms with Gasteiger partial charge in [0, 0.05) is 19.6 Å². The lowest BCUT2D eigenvalue weighted by Crippen LogP contribution is -2.67. The van der Waals surface area contributed by atoms with E-state index in [0.717, 1.165) is 19.4 Å². The molecule has 0 amide bonds. The van der Waals surface area contributed by atoms with Crippen molar-refractivity contribution < 1.29 is 13.9 Å². The minimum absolute atomic E-state index is 0.0231. The number of rotatable bonds is 8. The Balaban J connectivity index is 1.72. The molecule has 0 heterocycles. The van der Waals surface area contributed by atoms with E-state index in [4.69, 9.17) is 13.9 Å². The fraction of sp³-hybridized carbons (Fsp3) is 0.467. The standard InChI is InChI=1S/C30H40O3Si/c1-23-19-20-24-13-12-18-28(32-22-31-5)29(24)27(23)21-33-34(30(2,3)4,25-14-8-6-9-15-25)26-16-10-7-11-17-26/h6-17,20,23,27-29H,18-19,21-22H2,1-5H3/t23-,27-,28-,29-/m0/s1. The number of allylic oxidation sites excluding steroid dienone is 2. The van der Waals surface area contributed by atoms with E-state index in [2.05, 4.69) is 107 Å². The molecule has 0 aliphatic heterocycles. The first-order valence-corrected chi connectivity index (χ1v) is 14.5. The van der Waals surface area contributed by atoms with Crippen LogP contribution < -0.4 is 10.4 Å². The van der Waals surface area contributed by atoms with Crippen molar-refractivity contribution in [1.29, 1.82) is 0 Å². The van der Waals surface area contributed by atoms with Crippen molar-refractivity contribution >= 4 is 18.7 Å². The average molecular weight is 477 g/mol. The van der Waals surface area contributed by atoms with Gasteiger partial charge >= 0.3 is 0 Å². The minimum Gasteiger partial charge on any atom is -0.407 e. The zero-order valence-electron chi connectivity index (χ0n) is 21.4. The molecule has 0 unspecified atom stereocenters. The second kappa shape index (κ2) is 10.7. The predicted octanol–water partition coefficient (Wildman–Crippen LogP) is 5.71. The van der Waals surface area contributed by atoms with E-state index in [9.17, 15) is 0 Å². The Morgan fingerprint density at radius 3 is 2.09 bits per heavy atom. The first-order chi connectivity index (χ1) is 16.4. The highest BCUT2D eigenvalue weighted by Crippen LogP contribution is 2.44. The van der Waals surface area contributed by atoms with Crippen LogP contribution in [0.3, 0.4) is 0 Å². The highest BCUT2D eigenvalue weighted by Gasteiger charge is 2.51. The van der Waals surface area contributed by atoms with E-state index < -0.39 is 8.32 Å². The quantitative estimate of drug-likeness (QED) is 0.361. The van der Waals surface area contributed by atoms with E-state index in [1.807, 2.05) is 0 Å². The summed E-state index contributed by atoms with van der Waals surface area (Å²) < 4.78 is 18.8. The summed E-state index contributed by atoms with van der Waals surface area (Å²) in [5.41, 5.74) is 1.40. The summed E-state index contributed by atoms with van der Waals surface area (Å²) in [5, 5.41) is 2.65. The molecule has 2 aromatic rings. The minimum atomic E-state index is -2.57. The zero-order valence-corrected chi connectivity index (χ0v) is 22.4. The maximum Gasteiger partial charge on any atom is 0.261 e. The van der Waals surface area contributed by atoms with Gasteiger partial charge in [-0.15, -0.1) is 0 Å². The fourth-order valence-electron chi connectivity index (χ4n) is 5.97. The Bertz CT molecular complexity index is 938. The molecule has 2 aliphatic rings. The molecule has 0 aromatic heterocycles. The van der Waals surface area contributed by atoms with Gasteiger partial charge in [0.05, 0.1) is 6.10 Å². The molecule has 0 saturated carbocycles. The molecular weight excluding hydrogens is 436 g/mol. The third-order valence-electron chi connectivity index (χ3n) is 7.69. The van der Waals surface area contributed by atoms with Gasteiger partial charge in [-0.2, -0.15) is 0 Å². The van der Waals surface area contributed by atoms with Gasteiger partial charge in [0.1, 0.15) is 6.79 Å². The number of methoxy groups -OCH3 is 1. The van der Waals surface area contributed by atoms with Crippen molar-refractivity contribution in [3.63, 3.8) is 0 Å². The van der Waals surface area contributed by atoms with Gasteiger partial charge in [-0.1, -0.05) is 107 Å². The van der Waals surface area contributed by atoms with Crippen molar-refractivity contribution in [2.75, 3.05) is 20.5 Å². The summed E-state index contributed by atoms with van der Waals surface area (Å²) in [7, 11) is -0.873.